The largest absolute Gasteiger partial charge is 0.456 e. The molecular formula is C12H22O2. The highest BCUT2D eigenvalue weighted by Crippen LogP contribution is 2.22. The van der Waals surface area contributed by atoms with Crippen molar-refractivity contribution in [3.63, 3.8) is 0 Å². The Hall–Kier alpha value is -0.790. The predicted molar refractivity (Wildman–Crippen MR) is 59.1 cm³/mol. The maximum atomic E-state index is 11.6. The molecule has 0 fully saturated rings. The highest BCUT2D eigenvalue weighted by atomic mass is 16.6. The predicted octanol–water partition coefficient (Wildman–Crippen LogP) is 3.32. The lowest BCUT2D eigenvalue weighted by Gasteiger charge is -2.29. The van der Waals surface area contributed by atoms with Crippen molar-refractivity contribution in [3.05, 3.63) is 11.1 Å². The number of rotatable bonds is 3. The molecule has 0 spiro atoms. The van der Waals surface area contributed by atoms with Crippen LogP contribution in [0, 0.1) is 5.92 Å². The maximum Gasteiger partial charge on any atom is 0.334 e. The van der Waals surface area contributed by atoms with E-state index in [0.29, 0.717) is 11.5 Å². The van der Waals surface area contributed by atoms with Crippen molar-refractivity contribution in [1.82, 2.24) is 0 Å². The van der Waals surface area contributed by atoms with Crippen molar-refractivity contribution in [3.8, 4) is 0 Å². The average molecular weight is 198 g/mol. The van der Waals surface area contributed by atoms with Crippen molar-refractivity contribution in [2.75, 3.05) is 0 Å². The number of carbonyl (C=O) groups excluding carboxylic acids is 1. The first kappa shape index (κ1) is 13.2. The highest BCUT2D eigenvalue weighted by molar-refractivity contribution is 5.88. The Morgan fingerprint density at radius 2 is 1.57 bits per heavy atom. The van der Waals surface area contributed by atoms with Crippen molar-refractivity contribution in [2.45, 2.75) is 54.1 Å². The summed E-state index contributed by atoms with van der Waals surface area (Å²) in [7, 11) is 0. The van der Waals surface area contributed by atoms with Gasteiger partial charge in [0.25, 0.3) is 0 Å². The second-order valence-electron chi connectivity index (χ2n) is 4.77. The normalized spacial score (nSPS) is 11.4. The second-order valence-corrected chi connectivity index (χ2v) is 4.77. The molecule has 82 valence electrons. The monoisotopic (exact) mass is 198 g/mol. The zero-order chi connectivity index (χ0) is 11.5. The molecule has 0 aromatic carbocycles. The number of allylic oxidation sites excluding steroid dienone is 1. The third-order valence-electron chi connectivity index (χ3n) is 2.80. The summed E-state index contributed by atoms with van der Waals surface area (Å²) in [5.74, 6) is 0.111. The first-order chi connectivity index (χ1) is 6.18. The van der Waals surface area contributed by atoms with Crippen LogP contribution >= 0.6 is 0 Å². The number of hydrogen-bond donors (Lipinski definition) is 0. The Morgan fingerprint density at radius 3 is 1.86 bits per heavy atom. The van der Waals surface area contributed by atoms with Crippen LogP contribution in [-0.4, -0.2) is 11.6 Å². The van der Waals surface area contributed by atoms with Crippen LogP contribution in [-0.2, 0) is 9.53 Å². The molecule has 0 aliphatic carbocycles. The molecule has 14 heavy (non-hydrogen) atoms. The molecule has 0 radical (unpaired) electrons. The SMILES string of the molecule is CC(C)=C(C)C(=O)OC(C)(C)C(C)C. The first-order valence-electron chi connectivity index (χ1n) is 5.06. The van der Waals surface area contributed by atoms with E-state index >= 15 is 0 Å². The van der Waals surface area contributed by atoms with Gasteiger partial charge in [-0.05, 0) is 40.5 Å². The summed E-state index contributed by atoms with van der Waals surface area (Å²) >= 11 is 0. The molecule has 2 heteroatoms. The van der Waals surface area contributed by atoms with Crippen LogP contribution in [0.3, 0.4) is 0 Å². The molecule has 0 heterocycles. The Kier molecular flexibility index (Phi) is 4.37. The van der Waals surface area contributed by atoms with Gasteiger partial charge < -0.3 is 4.74 Å². The van der Waals surface area contributed by atoms with Gasteiger partial charge in [-0.1, -0.05) is 19.4 Å². The molecular weight excluding hydrogens is 176 g/mol. The molecule has 0 aromatic heterocycles. The Balaban J connectivity index is 4.57. The van der Waals surface area contributed by atoms with Gasteiger partial charge >= 0.3 is 5.97 Å². The van der Waals surface area contributed by atoms with Crippen LogP contribution < -0.4 is 0 Å². The van der Waals surface area contributed by atoms with E-state index in [2.05, 4.69) is 0 Å². The van der Waals surface area contributed by atoms with Gasteiger partial charge in [0.15, 0.2) is 0 Å². The lowest BCUT2D eigenvalue weighted by molar-refractivity contribution is -0.155. The summed E-state index contributed by atoms with van der Waals surface area (Å²) in [6.45, 7) is 13.6. The fourth-order valence-electron chi connectivity index (χ4n) is 0.637. The molecule has 0 aliphatic heterocycles. The Labute approximate surface area is 87.3 Å². The van der Waals surface area contributed by atoms with Crippen LogP contribution in [0.4, 0.5) is 0 Å². The minimum absolute atomic E-state index is 0.205. The minimum atomic E-state index is -0.395. The zero-order valence-electron chi connectivity index (χ0n) is 10.4. The standard InChI is InChI=1S/C12H22O2/c1-8(2)10(5)11(13)14-12(6,7)9(3)4/h9H,1-7H3. The molecule has 2 nitrogen and oxygen atoms in total. The highest BCUT2D eigenvalue weighted by Gasteiger charge is 2.27. The summed E-state index contributed by atoms with van der Waals surface area (Å²) in [4.78, 5) is 11.6. The van der Waals surface area contributed by atoms with E-state index in [1.54, 1.807) is 6.92 Å². The summed E-state index contributed by atoms with van der Waals surface area (Å²) in [5, 5.41) is 0. The van der Waals surface area contributed by atoms with Gasteiger partial charge in [0.2, 0.25) is 0 Å². The molecule has 0 aliphatic rings. The van der Waals surface area contributed by atoms with E-state index < -0.39 is 5.60 Å². The van der Waals surface area contributed by atoms with Gasteiger partial charge in [0.05, 0.1) is 0 Å². The molecule has 0 atom stereocenters. The molecule has 0 amide bonds. The number of hydrogen-bond acceptors (Lipinski definition) is 2. The topological polar surface area (TPSA) is 26.3 Å². The van der Waals surface area contributed by atoms with Crippen LogP contribution in [0.5, 0.6) is 0 Å². The van der Waals surface area contributed by atoms with Crippen molar-refractivity contribution < 1.29 is 9.53 Å². The number of esters is 1. The van der Waals surface area contributed by atoms with Crippen molar-refractivity contribution in [1.29, 1.82) is 0 Å². The van der Waals surface area contributed by atoms with Crippen molar-refractivity contribution >= 4 is 5.97 Å². The van der Waals surface area contributed by atoms with E-state index in [-0.39, 0.29) is 5.97 Å². The third-order valence-corrected chi connectivity index (χ3v) is 2.80. The van der Waals surface area contributed by atoms with Gasteiger partial charge in [0.1, 0.15) is 5.60 Å². The van der Waals surface area contributed by atoms with Gasteiger partial charge in [-0.2, -0.15) is 0 Å². The summed E-state index contributed by atoms with van der Waals surface area (Å²) < 4.78 is 5.43. The van der Waals surface area contributed by atoms with Crippen molar-refractivity contribution in [2.24, 2.45) is 5.92 Å². The number of ether oxygens (including phenoxy) is 1. The quantitative estimate of drug-likeness (QED) is 0.513. The lowest BCUT2D eigenvalue weighted by Crippen LogP contribution is -2.34. The van der Waals surface area contributed by atoms with Gasteiger partial charge in [-0.25, -0.2) is 4.79 Å². The smallest absolute Gasteiger partial charge is 0.334 e. The third kappa shape index (κ3) is 3.52. The molecule has 0 aromatic rings. The van der Waals surface area contributed by atoms with Gasteiger partial charge in [-0.15, -0.1) is 0 Å². The fraction of sp³-hybridized carbons (Fsp3) is 0.750. The van der Waals surface area contributed by atoms with E-state index in [4.69, 9.17) is 4.74 Å². The fourth-order valence-corrected chi connectivity index (χ4v) is 0.637. The minimum Gasteiger partial charge on any atom is -0.456 e. The number of carbonyl (C=O) groups is 1. The molecule has 0 bridgehead atoms. The average Bonchev–Trinajstić information content (AvgIpc) is 2.01. The zero-order valence-corrected chi connectivity index (χ0v) is 10.4. The lowest BCUT2D eigenvalue weighted by atomic mass is 9.94. The van der Waals surface area contributed by atoms with E-state index in [1.807, 2.05) is 41.5 Å². The molecule has 0 N–H and O–H groups in total. The van der Waals surface area contributed by atoms with Crippen LogP contribution in [0.15, 0.2) is 11.1 Å². The molecule has 0 saturated carbocycles. The Morgan fingerprint density at radius 1 is 1.14 bits per heavy atom. The maximum absolute atomic E-state index is 11.6. The van der Waals surface area contributed by atoms with E-state index in [0.717, 1.165) is 5.57 Å². The van der Waals surface area contributed by atoms with E-state index in [1.165, 1.54) is 0 Å². The van der Waals surface area contributed by atoms with E-state index in [9.17, 15) is 4.79 Å². The van der Waals surface area contributed by atoms with Gasteiger partial charge in [0, 0.05) is 5.57 Å². The summed E-state index contributed by atoms with van der Waals surface area (Å²) in [5.41, 5.74) is 1.32. The summed E-state index contributed by atoms with van der Waals surface area (Å²) in [6.07, 6.45) is 0. The molecule has 0 rings (SSSR count). The second kappa shape index (κ2) is 4.63. The van der Waals surface area contributed by atoms with Crippen LogP contribution in [0.1, 0.15) is 48.5 Å². The Bertz CT molecular complexity index is 243. The first-order valence-corrected chi connectivity index (χ1v) is 5.06. The molecule has 0 unspecified atom stereocenters. The molecule has 0 saturated heterocycles. The van der Waals surface area contributed by atoms with Gasteiger partial charge in [-0.3, -0.25) is 0 Å². The summed E-state index contributed by atoms with van der Waals surface area (Å²) in [6, 6.07) is 0. The van der Waals surface area contributed by atoms with Crippen LogP contribution in [0.2, 0.25) is 0 Å². The van der Waals surface area contributed by atoms with Crippen LogP contribution in [0.25, 0.3) is 0 Å².